The molecule has 37 heavy (non-hydrogen) atoms. The molecule has 1 amide bonds. The minimum absolute atomic E-state index is 0.0778. The first-order valence-corrected chi connectivity index (χ1v) is 11.7. The summed E-state index contributed by atoms with van der Waals surface area (Å²) >= 11 is 0. The fourth-order valence-electron chi connectivity index (χ4n) is 4.20. The van der Waals surface area contributed by atoms with E-state index in [1.165, 1.54) is 24.4 Å². The molecular weight excluding hydrogens is 475 g/mol. The van der Waals surface area contributed by atoms with E-state index in [1.807, 2.05) is 6.07 Å². The molecule has 0 saturated carbocycles. The Labute approximate surface area is 212 Å². The van der Waals surface area contributed by atoms with Gasteiger partial charge in [-0.3, -0.25) is 9.59 Å². The zero-order valence-electron chi connectivity index (χ0n) is 21.2. The smallest absolute Gasteiger partial charge is 0.267 e. The molecular formula is C28H27FN4O4. The van der Waals surface area contributed by atoms with E-state index in [-0.39, 0.29) is 22.6 Å². The van der Waals surface area contributed by atoms with E-state index in [1.54, 1.807) is 57.4 Å². The van der Waals surface area contributed by atoms with Crippen LogP contribution in [0.3, 0.4) is 0 Å². The number of aromatic nitrogens is 2. The number of halogens is 1. The van der Waals surface area contributed by atoms with Gasteiger partial charge in [-0.2, -0.15) is 5.26 Å². The van der Waals surface area contributed by atoms with E-state index >= 15 is 0 Å². The second-order valence-corrected chi connectivity index (χ2v) is 9.37. The van der Waals surface area contributed by atoms with Crippen molar-refractivity contribution in [2.75, 3.05) is 6.54 Å². The van der Waals surface area contributed by atoms with Crippen LogP contribution in [0.2, 0.25) is 0 Å². The standard InChI is InChI=1S/C28H27FN4O4/c1-6-31-27(35)20-12-22-24(32-20)25(34)17(13-30)14-33(22)21-11-18(28(4,5)36)7-8-23(21)37-26-15(2)9-19(29)10-16(26)3/h7-12,14,32,36H,6H2,1-5H3,(H,31,35). The Balaban J connectivity index is 2.03. The van der Waals surface area contributed by atoms with Gasteiger partial charge >= 0.3 is 0 Å². The molecule has 8 nitrogen and oxygen atoms in total. The van der Waals surface area contributed by atoms with Gasteiger partial charge < -0.3 is 24.7 Å². The largest absolute Gasteiger partial charge is 0.455 e. The summed E-state index contributed by atoms with van der Waals surface area (Å²) in [7, 11) is 0. The molecule has 0 radical (unpaired) electrons. The van der Waals surface area contributed by atoms with Crippen LogP contribution in [0.1, 0.15) is 53.5 Å². The van der Waals surface area contributed by atoms with Crippen LogP contribution in [-0.4, -0.2) is 27.1 Å². The van der Waals surface area contributed by atoms with Gasteiger partial charge in [0.1, 0.15) is 34.4 Å². The normalized spacial score (nSPS) is 11.4. The van der Waals surface area contributed by atoms with Crippen molar-refractivity contribution in [2.45, 2.75) is 40.2 Å². The third kappa shape index (κ3) is 4.84. The Hall–Kier alpha value is -4.42. The van der Waals surface area contributed by atoms with Crippen LogP contribution in [0, 0.1) is 31.0 Å². The quantitative estimate of drug-likeness (QED) is 0.353. The first kappa shape index (κ1) is 25.7. The van der Waals surface area contributed by atoms with Crippen LogP contribution >= 0.6 is 0 Å². The number of amides is 1. The minimum Gasteiger partial charge on any atom is -0.455 e. The van der Waals surface area contributed by atoms with Crippen LogP contribution in [0.4, 0.5) is 4.39 Å². The number of aliphatic hydroxyl groups is 1. The Morgan fingerprint density at radius 2 is 1.89 bits per heavy atom. The van der Waals surface area contributed by atoms with Gasteiger partial charge in [0.15, 0.2) is 5.75 Å². The number of pyridine rings is 1. The van der Waals surface area contributed by atoms with Crippen molar-refractivity contribution in [1.29, 1.82) is 5.26 Å². The van der Waals surface area contributed by atoms with E-state index in [4.69, 9.17) is 4.74 Å². The summed E-state index contributed by atoms with van der Waals surface area (Å²) in [5, 5.41) is 23.1. The molecule has 4 rings (SSSR count). The van der Waals surface area contributed by atoms with Gasteiger partial charge in [-0.25, -0.2) is 4.39 Å². The van der Waals surface area contributed by atoms with Crippen molar-refractivity contribution in [3.63, 3.8) is 0 Å². The summed E-state index contributed by atoms with van der Waals surface area (Å²) in [4.78, 5) is 28.3. The number of nitrogens with one attached hydrogen (secondary N) is 2. The summed E-state index contributed by atoms with van der Waals surface area (Å²) in [6.07, 6.45) is 1.38. The van der Waals surface area contributed by atoms with Gasteiger partial charge in [0.2, 0.25) is 5.43 Å². The lowest BCUT2D eigenvalue weighted by atomic mass is 9.97. The average Bonchev–Trinajstić information content (AvgIpc) is 3.28. The zero-order valence-corrected chi connectivity index (χ0v) is 21.2. The number of benzene rings is 2. The molecule has 0 aliphatic carbocycles. The highest BCUT2D eigenvalue weighted by molar-refractivity contribution is 5.97. The second-order valence-electron chi connectivity index (χ2n) is 9.37. The Kier molecular flexibility index (Phi) is 6.63. The highest BCUT2D eigenvalue weighted by Crippen LogP contribution is 2.36. The molecule has 4 aromatic rings. The van der Waals surface area contributed by atoms with Crippen molar-refractivity contribution in [2.24, 2.45) is 0 Å². The number of hydrogen-bond donors (Lipinski definition) is 3. The molecule has 2 aromatic heterocycles. The molecule has 2 aromatic carbocycles. The van der Waals surface area contributed by atoms with Crippen LogP contribution < -0.4 is 15.5 Å². The monoisotopic (exact) mass is 502 g/mol. The fraction of sp³-hybridized carbons (Fsp3) is 0.250. The van der Waals surface area contributed by atoms with E-state index < -0.39 is 16.9 Å². The van der Waals surface area contributed by atoms with Crippen molar-refractivity contribution in [3.8, 4) is 23.3 Å². The molecule has 0 atom stereocenters. The molecule has 0 aliphatic rings. The number of carbonyl (C=O) groups excluding carboxylic acids is 1. The summed E-state index contributed by atoms with van der Waals surface area (Å²) < 4.78 is 21.8. The van der Waals surface area contributed by atoms with Crippen LogP contribution in [0.25, 0.3) is 16.7 Å². The average molecular weight is 503 g/mol. The van der Waals surface area contributed by atoms with E-state index in [0.717, 1.165) is 0 Å². The highest BCUT2D eigenvalue weighted by atomic mass is 19.1. The Bertz CT molecular complexity index is 1610. The SMILES string of the molecule is CCNC(=O)c1cc2c([nH]1)c(=O)c(C#N)cn2-c1cc(C(C)(C)O)ccc1Oc1c(C)cc(F)cc1C. The number of carbonyl (C=O) groups is 1. The molecule has 0 bridgehead atoms. The van der Waals surface area contributed by atoms with Crippen LogP contribution in [0.15, 0.2) is 47.4 Å². The van der Waals surface area contributed by atoms with E-state index in [2.05, 4.69) is 10.3 Å². The first-order valence-electron chi connectivity index (χ1n) is 11.7. The van der Waals surface area contributed by atoms with Crippen molar-refractivity contribution in [1.82, 2.24) is 14.9 Å². The van der Waals surface area contributed by atoms with E-state index in [0.29, 0.717) is 45.9 Å². The molecule has 3 N–H and O–H groups in total. The first-order chi connectivity index (χ1) is 17.4. The van der Waals surface area contributed by atoms with Crippen LogP contribution in [-0.2, 0) is 5.60 Å². The highest BCUT2D eigenvalue weighted by Gasteiger charge is 2.23. The van der Waals surface area contributed by atoms with Gasteiger partial charge in [0, 0.05) is 12.7 Å². The minimum atomic E-state index is -1.21. The van der Waals surface area contributed by atoms with Crippen molar-refractivity contribution < 1.29 is 19.0 Å². The van der Waals surface area contributed by atoms with Gasteiger partial charge in [-0.15, -0.1) is 0 Å². The summed E-state index contributed by atoms with van der Waals surface area (Å²) in [5.41, 5.74) is 0.791. The van der Waals surface area contributed by atoms with Gasteiger partial charge in [-0.05, 0) is 81.6 Å². The van der Waals surface area contributed by atoms with Crippen molar-refractivity contribution >= 4 is 16.9 Å². The number of fused-ring (bicyclic) bond motifs is 1. The third-order valence-corrected chi connectivity index (χ3v) is 6.05. The molecule has 2 heterocycles. The summed E-state index contributed by atoms with van der Waals surface area (Å²) in [5.74, 6) is 0.00215. The van der Waals surface area contributed by atoms with Crippen LogP contribution in [0.5, 0.6) is 11.5 Å². The summed E-state index contributed by atoms with van der Waals surface area (Å²) in [6.45, 7) is 8.89. The van der Waals surface area contributed by atoms with Gasteiger partial charge in [-0.1, -0.05) is 6.07 Å². The fourth-order valence-corrected chi connectivity index (χ4v) is 4.20. The third-order valence-electron chi connectivity index (χ3n) is 6.05. The number of aromatic amines is 1. The maximum atomic E-state index is 13.9. The number of ether oxygens (including phenoxy) is 1. The van der Waals surface area contributed by atoms with Crippen molar-refractivity contribution in [3.05, 3.63) is 86.6 Å². The predicted molar refractivity (Wildman–Crippen MR) is 138 cm³/mol. The molecule has 0 saturated heterocycles. The Morgan fingerprint density at radius 1 is 1.22 bits per heavy atom. The molecule has 190 valence electrons. The van der Waals surface area contributed by atoms with E-state index in [9.17, 15) is 24.3 Å². The number of nitriles is 1. The topological polar surface area (TPSA) is 120 Å². The number of H-pyrrole nitrogens is 1. The number of hydrogen-bond acceptors (Lipinski definition) is 5. The maximum absolute atomic E-state index is 13.9. The van der Waals surface area contributed by atoms with Gasteiger partial charge in [0.05, 0.1) is 16.8 Å². The molecule has 0 unspecified atom stereocenters. The predicted octanol–water partition coefficient (Wildman–Crippen LogP) is 4.72. The Morgan fingerprint density at radius 3 is 2.49 bits per heavy atom. The lowest BCUT2D eigenvalue weighted by Crippen LogP contribution is -2.22. The number of aryl methyl sites for hydroxylation is 2. The zero-order chi connectivity index (χ0) is 27.1. The molecule has 0 spiro atoms. The molecule has 0 fully saturated rings. The lowest BCUT2D eigenvalue weighted by Gasteiger charge is -2.22. The number of rotatable bonds is 6. The lowest BCUT2D eigenvalue weighted by molar-refractivity contribution is 0.0785. The number of nitrogens with zero attached hydrogens (tertiary/aromatic N) is 2. The maximum Gasteiger partial charge on any atom is 0.267 e. The van der Waals surface area contributed by atoms with Gasteiger partial charge in [0.25, 0.3) is 5.91 Å². The molecule has 0 aliphatic heterocycles. The second kappa shape index (κ2) is 9.56. The molecule has 9 heteroatoms. The summed E-state index contributed by atoms with van der Waals surface area (Å²) in [6, 6.07) is 11.2.